The summed E-state index contributed by atoms with van der Waals surface area (Å²) in [5.41, 5.74) is 1.64. The van der Waals surface area contributed by atoms with E-state index in [2.05, 4.69) is 15.5 Å². The molecule has 1 aliphatic rings. The van der Waals surface area contributed by atoms with Crippen molar-refractivity contribution in [3.05, 3.63) is 77.3 Å². The van der Waals surface area contributed by atoms with E-state index in [0.717, 1.165) is 17.0 Å². The zero-order valence-electron chi connectivity index (χ0n) is 18.2. The van der Waals surface area contributed by atoms with E-state index >= 15 is 0 Å². The van der Waals surface area contributed by atoms with Crippen molar-refractivity contribution in [3.8, 4) is 23.0 Å². The molecule has 9 heteroatoms. The lowest BCUT2D eigenvalue weighted by Gasteiger charge is -2.17. The zero-order valence-corrected chi connectivity index (χ0v) is 19.0. The van der Waals surface area contributed by atoms with Crippen LogP contribution in [0.3, 0.4) is 0 Å². The van der Waals surface area contributed by atoms with Gasteiger partial charge in [0, 0.05) is 42.4 Å². The first-order chi connectivity index (χ1) is 16.6. The number of benzene rings is 2. The molecule has 1 aliphatic heterocycles. The lowest BCUT2D eigenvalue weighted by atomic mass is 10.2. The largest absolute Gasteiger partial charge is 0.457 e. The van der Waals surface area contributed by atoms with Crippen molar-refractivity contribution in [1.29, 1.82) is 0 Å². The molecule has 3 heterocycles. The van der Waals surface area contributed by atoms with Gasteiger partial charge >= 0.3 is 0 Å². The number of thiophene rings is 1. The molecule has 1 N–H and O–H groups in total. The van der Waals surface area contributed by atoms with Crippen molar-refractivity contribution in [1.82, 2.24) is 15.5 Å². The Morgan fingerprint density at radius 3 is 2.65 bits per heavy atom. The van der Waals surface area contributed by atoms with Gasteiger partial charge < -0.3 is 19.4 Å². The molecule has 0 spiro atoms. The van der Waals surface area contributed by atoms with Crippen LogP contribution in [0.2, 0.25) is 0 Å². The Morgan fingerprint density at radius 1 is 1.09 bits per heavy atom. The summed E-state index contributed by atoms with van der Waals surface area (Å²) < 4.78 is 11.4. The fraction of sp³-hybridized carbons (Fsp3) is 0.200. The van der Waals surface area contributed by atoms with Crippen LogP contribution in [-0.4, -0.2) is 34.6 Å². The number of para-hydroxylation sites is 1. The summed E-state index contributed by atoms with van der Waals surface area (Å²) >= 11 is 1.55. The third kappa shape index (κ3) is 5.15. The average molecular weight is 475 g/mol. The number of rotatable bonds is 8. The summed E-state index contributed by atoms with van der Waals surface area (Å²) in [7, 11) is 0. The van der Waals surface area contributed by atoms with Crippen LogP contribution in [0.5, 0.6) is 11.5 Å². The number of ether oxygens (including phenoxy) is 1. The van der Waals surface area contributed by atoms with Gasteiger partial charge in [0.1, 0.15) is 11.5 Å². The number of carbonyl (C=O) groups excluding carboxylic acids is 2. The van der Waals surface area contributed by atoms with Gasteiger partial charge in [-0.05, 0) is 47.8 Å². The molecule has 1 unspecified atom stereocenters. The molecule has 2 amide bonds. The number of hydrogen-bond acceptors (Lipinski definition) is 7. The van der Waals surface area contributed by atoms with Crippen molar-refractivity contribution in [2.24, 2.45) is 0 Å². The van der Waals surface area contributed by atoms with Gasteiger partial charge in [-0.1, -0.05) is 18.2 Å². The second kappa shape index (κ2) is 9.88. The maximum atomic E-state index is 12.5. The normalized spacial score (nSPS) is 15.5. The van der Waals surface area contributed by atoms with Gasteiger partial charge in [-0.25, -0.2) is 0 Å². The summed E-state index contributed by atoms with van der Waals surface area (Å²) in [6.07, 6.45) is 0.814. The maximum Gasteiger partial charge on any atom is 0.248 e. The van der Waals surface area contributed by atoms with Crippen molar-refractivity contribution < 1.29 is 18.7 Å². The van der Waals surface area contributed by atoms with Crippen molar-refractivity contribution in [2.45, 2.75) is 25.3 Å². The molecule has 0 aliphatic carbocycles. The lowest BCUT2D eigenvalue weighted by molar-refractivity contribution is -0.121. The number of amides is 2. The van der Waals surface area contributed by atoms with Crippen LogP contribution >= 0.6 is 11.3 Å². The first kappa shape index (κ1) is 21.8. The Balaban J connectivity index is 1.12. The molecule has 2 aromatic heterocycles. The summed E-state index contributed by atoms with van der Waals surface area (Å²) in [6.45, 7) is 0.423. The SMILES string of the molecule is O=C(CCc1nnc(-c2ccsc2)o1)NC1CC(=O)N(c2ccc(Oc3ccccc3)cc2)C1. The van der Waals surface area contributed by atoms with Gasteiger partial charge in [-0.2, -0.15) is 11.3 Å². The standard InChI is InChI=1S/C25H22N4O4S/c30-22(10-11-23-27-28-25(33-23)17-12-13-34-16-17)26-18-14-24(31)29(15-18)19-6-8-21(9-7-19)32-20-4-2-1-3-5-20/h1-9,12-13,16,18H,10-11,14-15H2,(H,26,30). The minimum absolute atomic E-state index is 0.0284. The predicted molar refractivity (Wildman–Crippen MR) is 128 cm³/mol. The molecule has 8 nitrogen and oxygen atoms in total. The molecule has 5 rings (SSSR count). The maximum absolute atomic E-state index is 12.5. The van der Waals surface area contributed by atoms with E-state index in [-0.39, 0.29) is 30.7 Å². The summed E-state index contributed by atoms with van der Waals surface area (Å²) in [6, 6.07) is 18.5. The van der Waals surface area contributed by atoms with Crippen LogP contribution in [0, 0.1) is 0 Å². The van der Waals surface area contributed by atoms with Gasteiger partial charge in [0.05, 0.1) is 6.04 Å². The fourth-order valence-corrected chi connectivity index (χ4v) is 4.38. The van der Waals surface area contributed by atoms with Crippen LogP contribution in [0.1, 0.15) is 18.7 Å². The van der Waals surface area contributed by atoms with Gasteiger partial charge in [0.25, 0.3) is 0 Å². The number of nitrogens with one attached hydrogen (secondary N) is 1. The number of aryl methyl sites for hydroxylation is 1. The number of carbonyl (C=O) groups is 2. The minimum atomic E-state index is -0.246. The first-order valence-corrected chi connectivity index (χ1v) is 11.9. The molecule has 1 fully saturated rings. The predicted octanol–water partition coefficient (Wildman–Crippen LogP) is 4.44. The molecule has 2 aromatic carbocycles. The Kier molecular flexibility index (Phi) is 6.35. The second-order valence-electron chi connectivity index (χ2n) is 7.89. The highest BCUT2D eigenvalue weighted by atomic mass is 32.1. The van der Waals surface area contributed by atoms with E-state index < -0.39 is 0 Å². The molecule has 0 radical (unpaired) electrons. The highest BCUT2D eigenvalue weighted by molar-refractivity contribution is 7.08. The summed E-state index contributed by atoms with van der Waals surface area (Å²) in [4.78, 5) is 26.7. The van der Waals surface area contributed by atoms with Crippen molar-refractivity contribution in [3.63, 3.8) is 0 Å². The van der Waals surface area contributed by atoms with Crippen molar-refractivity contribution in [2.75, 3.05) is 11.4 Å². The van der Waals surface area contributed by atoms with E-state index in [1.807, 2.05) is 71.4 Å². The molecule has 0 bridgehead atoms. The monoisotopic (exact) mass is 474 g/mol. The highest BCUT2D eigenvalue weighted by Crippen LogP contribution is 2.27. The molecule has 4 aromatic rings. The first-order valence-electron chi connectivity index (χ1n) is 10.9. The van der Waals surface area contributed by atoms with Gasteiger partial charge in [-0.15, -0.1) is 10.2 Å². The highest BCUT2D eigenvalue weighted by Gasteiger charge is 2.31. The second-order valence-corrected chi connectivity index (χ2v) is 8.67. The molecule has 1 atom stereocenters. The minimum Gasteiger partial charge on any atom is -0.457 e. The molecule has 1 saturated heterocycles. The lowest BCUT2D eigenvalue weighted by Crippen LogP contribution is -2.37. The number of hydrogen-bond donors (Lipinski definition) is 1. The Hall–Kier alpha value is -3.98. The summed E-state index contributed by atoms with van der Waals surface area (Å²) in [5.74, 6) is 2.13. The van der Waals surface area contributed by atoms with Crippen LogP contribution < -0.4 is 15.0 Å². The van der Waals surface area contributed by atoms with E-state index in [0.29, 0.717) is 30.5 Å². The van der Waals surface area contributed by atoms with Gasteiger partial charge in [0.2, 0.25) is 23.6 Å². The molecule has 172 valence electrons. The van der Waals surface area contributed by atoms with E-state index in [9.17, 15) is 9.59 Å². The van der Waals surface area contributed by atoms with Crippen LogP contribution in [0.4, 0.5) is 5.69 Å². The molecular formula is C25H22N4O4S. The average Bonchev–Trinajstić information content (AvgIpc) is 3.60. The number of nitrogens with zero attached hydrogens (tertiary/aromatic N) is 3. The van der Waals surface area contributed by atoms with Gasteiger partial charge in [-0.3, -0.25) is 9.59 Å². The third-order valence-electron chi connectivity index (χ3n) is 5.42. The number of aromatic nitrogens is 2. The fourth-order valence-electron chi connectivity index (χ4n) is 3.75. The van der Waals surface area contributed by atoms with Gasteiger partial charge in [0.15, 0.2) is 0 Å². The quantitative estimate of drug-likeness (QED) is 0.405. The molecule has 0 saturated carbocycles. The topological polar surface area (TPSA) is 97.6 Å². The van der Waals surface area contributed by atoms with E-state index in [1.165, 1.54) is 0 Å². The summed E-state index contributed by atoms with van der Waals surface area (Å²) in [5, 5.41) is 14.8. The van der Waals surface area contributed by atoms with Crippen LogP contribution in [-0.2, 0) is 16.0 Å². The Labute approximate surface area is 200 Å². The van der Waals surface area contributed by atoms with Crippen LogP contribution in [0.15, 0.2) is 75.8 Å². The van der Waals surface area contributed by atoms with E-state index in [1.54, 1.807) is 16.2 Å². The van der Waals surface area contributed by atoms with E-state index in [4.69, 9.17) is 9.15 Å². The Bertz CT molecular complexity index is 1260. The number of anilines is 1. The Morgan fingerprint density at radius 2 is 1.88 bits per heavy atom. The molecule has 34 heavy (non-hydrogen) atoms. The van der Waals surface area contributed by atoms with Crippen LogP contribution in [0.25, 0.3) is 11.5 Å². The molecular weight excluding hydrogens is 452 g/mol. The van der Waals surface area contributed by atoms with Crippen molar-refractivity contribution >= 4 is 28.8 Å². The third-order valence-corrected chi connectivity index (χ3v) is 6.10. The smallest absolute Gasteiger partial charge is 0.248 e. The zero-order chi connectivity index (χ0) is 23.3.